The Hall–Kier alpha value is -2.88. The zero-order valence-corrected chi connectivity index (χ0v) is 14.4. The van der Waals surface area contributed by atoms with Crippen LogP contribution < -0.4 is 9.80 Å². The third-order valence-electron chi connectivity index (χ3n) is 4.39. The molecule has 1 fully saturated rings. The van der Waals surface area contributed by atoms with Crippen LogP contribution in [0.25, 0.3) is 15.9 Å². The zero-order chi connectivity index (χ0) is 16.8. The second-order valence-electron chi connectivity index (χ2n) is 5.97. The molecule has 126 valence electrons. The highest BCUT2D eigenvalue weighted by atomic mass is 32.1. The van der Waals surface area contributed by atoms with Gasteiger partial charge in [-0.05, 0) is 35.5 Å². The summed E-state index contributed by atoms with van der Waals surface area (Å²) in [5.74, 6) is 1.91. The van der Waals surface area contributed by atoms with Crippen molar-refractivity contribution in [1.29, 1.82) is 0 Å². The van der Waals surface area contributed by atoms with Crippen molar-refractivity contribution in [2.24, 2.45) is 0 Å². The Bertz CT molecular complexity index is 1050. The number of nitrogens with zero attached hydrogens (tertiary/aromatic N) is 9. The Morgan fingerprint density at radius 1 is 1.04 bits per heavy atom. The summed E-state index contributed by atoms with van der Waals surface area (Å²) >= 11 is 1.71. The van der Waals surface area contributed by atoms with Gasteiger partial charge in [0, 0.05) is 31.1 Å². The number of hydrogen-bond donors (Lipinski definition) is 0. The fourth-order valence-corrected chi connectivity index (χ4v) is 4.01. The van der Waals surface area contributed by atoms with Gasteiger partial charge in [-0.25, -0.2) is 9.97 Å². The second-order valence-corrected chi connectivity index (χ2v) is 7.20. The predicted octanol–water partition coefficient (Wildman–Crippen LogP) is 1.16. The molecule has 4 aromatic rings. The van der Waals surface area contributed by atoms with E-state index in [0.29, 0.717) is 5.65 Å². The first-order valence-corrected chi connectivity index (χ1v) is 8.86. The third-order valence-corrected chi connectivity index (χ3v) is 5.35. The molecule has 0 aliphatic carbocycles. The highest BCUT2D eigenvalue weighted by Crippen LogP contribution is 2.30. The topological polar surface area (TPSA) is 88.2 Å². The lowest BCUT2D eigenvalue weighted by atomic mass is 10.2. The van der Waals surface area contributed by atoms with E-state index in [4.69, 9.17) is 0 Å². The lowest BCUT2D eigenvalue weighted by Crippen LogP contribution is -2.47. The Morgan fingerprint density at radius 3 is 2.76 bits per heavy atom. The Labute approximate surface area is 146 Å². The van der Waals surface area contributed by atoms with Gasteiger partial charge in [-0.15, -0.1) is 26.2 Å². The SMILES string of the molecule is Cc1cc2c(N3CCN(c4ccc5nnnn5n4)CC3)ncnc2s1. The molecule has 0 radical (unpaired) electrons. The van der Waals surface area contributed by atoms with Gasteiger partial charge in [-0.3, -0.25) is 0 Å². The van der Waals surface area contributed by atoms with Crippen LogP contribution in [0, 0.1) is 6.92 Å². The van der Waals surface area contributed by atoms with Crippen LogP contribution in [0.3, 0.4) is 0 Å². The summed E-state index contributed by atoms with van der Waals surface area (Å²) in [4.78, 5) is 15.8. The second kappa shape index (κ2) is 5.59. The summed E-state index contributed by atoms with van der Waals surface area (Å²) in [5.41, 5.74) is 0.651. The normalized spacial score (nSPS) is 15.4. The molecule has 1 aliphatic heterocycles. The van der Waals surface area contributed by atoms with E-state index < -0.39 is 0 Å². The number of aryl methyl sites for hydroxylation is 1. The van der Waals surface area contributed by atoms with Gasteiger partial charge >= 0.3 is 0 Å². The third kappa shape index (κ3) is 2.45. The van der Waals surface area contributed by atoms with Crippen molar-refractivity contribution in [2.75, 3.05) is 36.0 Å². The van der Waals surface area contributed by atoms with E-state index in [9.17, 15) is 0 Å². The van der Waals surface area contributed by atoms with E-state index in [1.54, 1.807) is 17.7 Å². The minimum atomic E-state index is 0.651. The van der Waals surface area contributed by atoms with Gasteiger partial charge in [0.1, 0.15) is 17.0 Å². The van der Waals surface area contributed by atoms with E-state index in [1.165, 1.54) is 9.51 Å². The smallest absolute Gasteiger partial charge is 0.200 e. The first-order valence-electron chi connectivity index (χ1n) is 8.04. The Kier molecular flexibility index (Phi) is 3.23. The standard InChI is InChI=1S/C15H15N9S/c1-10-8-11-14(16-9-17-15(11)25-10)23-6-4-22(5-7-23)13-3-2-12-18-20-21-24(12)19-13/h2-3,8-9H,4-7H2,1H3. The number of rotatable bonds is 2. The van der Waals surface area contributed by atoms with Gasteiger partial charge in [0.25, 0.3) is 0 Å². The lowest BCUT2D eigenvalue weighted by Gasteiger charge is -2.36. The average Bonchev–Trinajstić information content (AvgIpc) is 3.26. The molecule has 0 bridgehead atoms. The maximum atomic E-state index is 4.53. The van der Waals surface area contributed by atoms with Crippen LogP contribution in [0.2, 0.25) is 0 Å². The number of tetrazole rings is 1. The summed E-state index contributed by atoms with van der Waals surface area (Å²) in [6.07, 6.45) is 1.66. The van der Waals surface area contributed by atoms with E-state index in [-0.39, 0.29) is 0 Å². The van der Waals surface area contributed by atoms with Crippen molar-refractivity contribution in [3.8, 4) is 0 Å². The summed E-state index contributed by atoms with van der Waals surface area (Å²) in [6, 6.07) is 6.03. The van der Waals surface area contributed by atoms with E-state index in [2.05, 4.69) is 53.4 Å². The first kappa shape index (κ1) is 14.5. The van der Waals surface area contributed by atoms with E-state index >= 15 is 0 Å². The summed E-state index contributed by atoms with van der Waals surface area (Å²) in [5, 5.41) is 17.0. The Morgan fingerprint density at radius 2 is 1.88 bits per heavy atom. The van der Waals surface area contributed by atoms with Crippen molar-refractivity contribution in [3.05, 3.63) is 29.4 Å². The molecule has 0 aromatic carbocycles. The van der Waals surface area contributed by atoms with Crippen molar-refractivity contribution in [3.63, 3.8) is 0 Å². The molecule has 4 aromatic heterocycles. The van der Waals surface area contributed by atoms with Crippen LogP contribution in [0.4, 0.5) is 11.6 Å². The predicted molar refractivity (Wildman–Crippen MR) is 95.2 cm³/mol. The molecule has 10 heteroatoms. The van der Waals surface area contributed by atoms with E-state index in [1.807, 2.05) is 12.1 Å². The summed E-state index contributed by atoms with van der Waals surface area (Å²) in [7, 11) is 0. The minimum absolute atomic E-state index is 0.651. The highest BCUT2D eigenvalue weighted by molar-refractivity contribution is 7.18. The van der Waals surface area contributed by atoms with Crippen molar-refractivity contribution >= 4 is 38.8 Å². The number of anilines is 2. The lowest BCUT2D eigenvalue weighted by molar-refractivity contribution is 0.629. The van der Waals surface area contributed by atoms with Crippen LogP contribution in [-0.2, 0) is 0 Å². The average molecular weight is 353 g/mol. The Balaban J connectivity index is 1.38. The maximum Gasteiger partial charge on any atom is 0.200 e. The molecule has 0 amide bonds. The van der Waals surface area contributed by atoms with Crippen LogP contribution >= 0.6 is 11.3 Å². The molecular formula is C15H15N9S. The minimum Gasteiger partial charge on any atom is -0.352 e. The number of piperazine rings is 1. The number of thiophene rings is 1. The van der Waals surface area contributed by atoms with Crippen molar-refractivity contribution < 1.29 is 0 Å². The van der Waals surface area contributed by atoms with Gasteiger partial charge in [0.05, 0.1) is 5.39 Å². The van der Waals surface area contributed by atoms with Gasteiger partial charge < -0.3 is 9.80 Å². The van der Waals surface area contributed by atoms with Gasteiger partial charge in [0.15, 0.2) is 11.5 Å². The number of hydrogen-bond acceptors (Lipinski definition) is 9. The molecule has 25 heavy (non-hydrogen) atoms. The van der Waals surface area contributed by atoms with Crippen LogP contribution in [0.15, 0.2) is 24.5 Å². The number of fused-ring (bicyclic) bond motifs is 2. The van der Waals surface area contributed by atoms with Crippen molar-refractivity contribution in [1.82, 2.24) is 35.2 Å². The molecule has 5 heterocycles. The van der Waals surface area contributed by atoms with Gasteiger partial charge in [-0.1, -0.05) is 0 Å². The van der Waals surface area contributed by atoms with Crippen LogP contribution in [0.1, 0.15) is 4.88 Å². The monoisotopic (exact) mass is 353 g/mol. The largest absolute Gasteiger partial charge is 0.352 e. The molecule has 9 nitrogen and oxygen atoms in total. The summed E-state index contributed by atoms with van der Waals surface area (Å²) < 4.78 is 1.46. The molecule has 0 saturated carbocycles. The van der Waals surface area contributed by atoms with Crippen LogP contribution in [-0.4, -0.2) is 61.4 Å². The van der Waals surface area contributed by atoms with Crippen LogP contribution in [0.5, 0.6) is 0 Å². The fraction of sp³-hybridized carbons (Fsp3) is 0.333. The quantitative estimate of drug-likeness (QED) is 0.530. The molecule has 5 rings (SSSR count). The van der Waals surface area contributed by atoms with E-state index in [0.717, 1.165) is 48.0 Å². The fourth-order valence-electron chi connectivity index (χ4n) is 3.17. The van der Waals surface area contributed by atoms with Crippen molar-refractivity contribution in [2.45, 2.75) is 6.92 Å². The highest BCUT2D eigenvalue weighted by Gasteiger charge is 2.22. The van der Waals surface area contributed by atoms with Gasteiger partial charge in [0.2, 0.25) is 0 Å². The van der Waals surface area contributed by atoms with Gasteiger partial charge in [-0.2, -0.15) is 0 Å². The molecule has 1 saturated heterocycles. The molecule has 0 spiro atoms. The molecule has 0 atom stereocenters. The number of aromatic nitrogens is 7. The molecular weight excluding hydrogens is 338 g/mol. The molecule has 0 unspecified atom stereocenters. The maximum absolute atomic E-state index is 4.53. The molecule has 1 aliphatic rings. The first-order chi connectivity index (χ1) is 12.3. The zero-order valence-electron chi connectivity index (χ0n) is 13.6. The molecule has 0 N–H and O–H groups in total. The summed E-state index contributed by atoms with van der Waals surface area (Å²) in [6.45, 7) is 5.62.